The van der Waals surface area contributed by atoms with E-state index in [1.807, 2.05) is 20.8 Å². The Kier molecular flexibility index (Phi) is 6.77. The maximum absolute atomic E-state index is 13.5. The smallest absolute Gasteiger partial charge is 0.410 e. The first kappa shape index (κ1) is 24.0. The van der Waals surface area contributed by atoms with Crippen LogP contribution < -0.4 is 5.32 Å². The van der Waals surface area contributed by atoms with Crippen LogP contribution in [-0.2, 0) is 14.3 Å². The van der Waals surface area contributed by atoms with E-state index >= 15 is 0 Å². The van der Waals surface area contributed by atoms with Crippen molar-refractivity contribution in [3.05, 3.63) is 18.0 Å². The lowest BCUT2D eigenvalue weighted by Gasteiger charge is -2.34. The molecule has 1 saturated heterocycles. The van der Waals surface area contributed by atoms with E-state index in [0.29, 0.717) is 18.0 Å². The Labute approximate surface area is 198 Å². The molecule has 1 N–H and O–H groups in total. The van der Waals surface area contributed by atoms with Crippen LogP contribution in [0.4, 0.5) is 10.6 Å². The number of rotatable bonds is 4. The molecule has 0 spiro atoms. The maximum atomic E-state index is 13.5. The van der Waals surface area contributed by atoms with Crippen molar-refractivity contribution in [3.63, 3.8) is 0 Å². The van der Waals surface area contributed by atoms with E-state index in [2.05, 4.69) is 20.0 Å². The van der Waals surface area contributed by atoms with Gasteiger partial charge in [0.15, 0.2) is 0 Å². The van der Waals surface area contributed by atoms with Crippen molar-refractivity contribution in [2.75, 3.05) is 19.0 Å². The average Bonchev–Trinajstić information content (AvgIpc) is 3.42. The number of amides is 2. The Morgan fingerprint density at radius 1 is 1.09 bits per heavy atom. The van der Waals surface area contributed by atoms with E-state index in [-0.39, 0.29) is 29.2 Å². The molecule has 0 aromatic carbocycles. The number of hydrogen-bond acceptors (Lipinski definition) is 8. The molecule has 0 bridgehead atoms. The zero-order valence-electron chi connectivity index (χ0n) is 20.1. The number of anilines is 1. The second-order valence-corrected chi connectivity index (χ2v) is 9.99. The normalized spacial score (nSPS) is 21.5. The van der Waals surface area contributed by atoms with Gasteiger partial charge in [-0.1, -0.05) is 32.1 Å². The highest BCUT2D eigenvalue weighted by Gasteiger charge is 2.46. The molecule has 2 aliphatic rings. The van der Waals surface area contributed by atoms with Gasteiger partial charge in [-0.3, -0.25) is 9.69 Å². The van der Waals surface area contributed by atoms with Gasteiger partial charge in [-0.2, -0.15) is 4.98 Å². The maximum Gasteiger partial charge on any atom is 0.410 e. The van der Waals surface area contributed by atoms with Crippen molar-refractivity contribution >= 4 is 35.0 Å². The Hall–Kier alpha value is -3.17. The van der Waals surface area contributed by atoms with Gasteiger partial charge >= 0.3 is 18.0 Å². The van der Waals surface area contributed by atoms with Gasteiger partial charge in [0, 0.05) is 6.54 Å². The van der Waals surface area contributed by atoms with Crippen LogP contribution in [0.1, 0.15) is 70.0 Å². The van der Waals surface area contributed by atoms with Crippen LogP contribution in [0.25, 0.3) is 11.2 Å². The molecule has 34 heavy (non-hydrogen) atoms. The molecule has 2 amide bonds. The number of hydrogen-bond donors (Lipinski definition) is 1. The number of nitrogens with one attached hydrogen (secondary N) is 1. The minimum atomic E-state index is -0.710. The average molecular weight is 473 g/mol. The fourth-order valence-corrected chi connectivity index (χ4v) is 4.99. The molecule has 2 aromatic heterocycles. The van der Waals surface area contributed by atoms with Gasteiger partial charge in [0.1, 0.15) is 23.0 Å². The summed E-state index contributed by atoms with van der Waals surface area (Å²) in [6.45, 7) is 5.92. The minimum Gasteiger partial charge on any atom is -0.462 e. The minimum absolute atomic E-state index is 0.0627. The molecule has 4 rings (SSSR count). The highest BCUT2D eigenvalue weighted by molar-refractivity contribution is 5.97. The molecule has 2 fully saturated rings. The summed E-state index contributed by atoms with van der Waals surface area (Å²) in [6.07, 6.45) is 5.92. The molecule has 2 atom stereocenters. The molecule has 3 heterocycles. The second kappa shape index (κ2) is 9.60. The van der Waals surface area contributed by atoms with Crippen LogP contribution in [0.2, 0.25) is 0 Å². The summed E-state index contributed by atoms with van der Waals surface area (Å²) in [5.74, 6) is -0.519. The van der Waals surface area contributed by atoms with E-state index < -0.39 is 23.7 Å². The standard InChI is InChI=1S/C24H32N4O6/c1-24(2,3)34-23(31)28-13-12-15(14-8-6-5-7-9-14)18(28)19(29)26-17-11-10-16-20(27-17)33-21(25-16)22(30)32-4/h10-11,14-15,18H,5-9,12-13H2,1-4H3,(H,26,27,29)/t15-,18-/m0/s1. The number of ether oxygens (including phenoxy) is 2. The highest BCUT2D eigenvalue weighted by atomic mass is 16.6. The van der Waals surface area contributed by atoms with E-state index in [0.717, 1.165) is 32.1 Å². The number of aromatic nitrogens is 2. The Morgan fingerprint density at radius 2 is 1.82 bits per heavy atom. The highest BCUT2D eigenvalue weighted by Crippen LogP contribution is 2.39. The summed E-state index contributed by atoms with van der Waals surface area (Å²) in [4.78, 5) is 48.1. The number of pyridine rings is 1. The van der Waals surface area contributed by atoms with Crippen molar-refractivity contribution in [3.8, 4) is 0 Å². The molecule has 10 heteroatoms. The summed E-state index contributed by atoms with van der Waals surface area (Å²) >= 11 is 0. The van der Waals surface area contributed by atoms with Crippen LogP contribution >= 0.6 is 0 Å². The first-order chi connectivity index (χ1) is 16.2. The van der Waals surface area contributed by atoms with Gasteiger partial charge in [-0.25, -0.2) is 14.6 Å². The molecule has 10 nitrogen and oxygen atoms in total. The van der Waals surface area contributed by atoms with Crippen LogP contribution in [0.3, 0.4) is 0 Å². The predicted octanol–water partition coefficient (Wildman–Crippen LogP) is 4.15. The first-order valence-corrected chi connectivity index (χ1v) is 11.8. The predicted molar refractivity (Wildman–Crippen MR) is 123 cm³/mol. The molecular formula is C24H32N4O6. The zero-order valence-corrected chi connectivity index (χ0v) is 20.1. The Balaban J connectivity index is 1.57. The topological polar surface area (TPSA) is 124 Å². The summed E-state index contributed by atoms with van der Waals surface area (Å²) in [7, 11) is 1.23. The van der Waals surface area contributed by atoms with Crippen LogP contribution in [-0.4, -0.2) is 58.1 Å². The Morgan fingerprint density at radius 3 is 2.50 bits per heavy atom. The summed E-state index contributed by atoms with van der Waals surface area (Å²) < 4.78 is 15.6. The van der Waals surface area contributed by atoms with Crippen molar-refractivity contribution in [2.24, 2.45) is 11.8 Å². The van der Waals surface area contributed by atoms with Crippen LogP contribution in [0.5, 0.6) is 0 Å². The fourth-order valence-electron chi connectivity index (χ4n) is 4.99. The number of oxazole rings is 1. The van der Waals surface area contributed by atoms with Gasteiger partial charge in [-0.15, -0.1) is 0 Å². The third-order valence-corrected chi connectivity index (χ3v) is 6.46. The first-order valence-electron chi connectivity index (χ1n) is 11.8. The monoisotopic (exact) mass is 472 g/mol. The quantitative estimate of drug-likeness (QED) is 0.658. The number of esters is 1. The number of likely N-dealkylation sites (tertiary alicyclic amines) is 1. The van der Waals surface area contributed by atoms with E-state index in [1.165, 1.54) is 13.5 Å². The zero-order chi connectivity index (χ0) is 24.5. The number of carbonyl (C=O) groups excluding carboxylic acids is 3. The van der Waals surface area contributed by atoms with Crippen molar-refractivity contribution in [1.29, 1.82) is 0 Å². The molecule has 1 aliphatic carbocycles. The van der Waals surface area contributed by atoms with Gasteiger partial charge < -0.3 is 19.2 Å². The summed E-state index contributed by atoms with van der Waals surface area (Å²) in [5, 5.41) is 2.84. The van der Waals surface area contributed by atoms with Crippen LogP contribution in [0, 0.1) is 11.8 Å². The lowest BCUT2D eigenvalue weighted by atomic mass is 9.76. The molecule has 1 aliphatic heterocycles. The molecule has 0 unspecified atom stereocenters. The third kappa shape index (κ3) is 5.15. The SMILES string of the molecule is COC(=O)c1nc2ccc(NC(=O)[C@@H]3[C@H](C4CCCCC4)CCN3C(=O)OC(C)(C)C)nc2o1. The number of nitrogens with zero attached hydrogens (tertiary/aromatic N) is 3. The van der Waals surface area contributed by atoms with Crippen molar-refractivity contribution < 1.29 is 28.3 Å². The van der Waals surface area contributed by atoms with Gasteiger partial charge in [0.2, 0.25) is 11.6 Å². The lowest BCUT2D eigenvalue weighted by Crippen LogP contribution is -2.49. The van der Waals surface area contributed by atoms with E-state index in [4.69, 9.17) is 9.15 Å². The summed E-state index contributed by atoms with van der Waals surface area (Å²) in [5.41, 5.74) is -0.177. The Bertz CT molecular complexity index is 1070. The van der Waals surface area contributed by atoms with Gasteiger partial charge in [0.05, 0.1) is 7.11 Å². The molecule has 1 saturated carbocycles. The van der Waals surface area contributed by atoms with Crippen molar-refractivity contribution in [2.45, 2.75) is 70.9 Å². The summed E-state index contributed by atoms with van der Waals surface area (Å²) in [6, 6.07) is 2.55. The molecular weight excluding hydrogens is 440 g/mol. The van der Waals surface area contributed by atoms with Crippen molar-refractivity contribution in [1.82, 2.24) is 14.9 Å². The molecule has 0 radical (unpaired) electrons. The molecule has 184 valence electrons. The largest absolute Gasteiger partial charge is 0.462 e. The number of fused-ring (bicyclic) bond motifs is 1. The fraction of sp³-hybridized carbons (Fsp3) is 0.625. The number of methoxy groups -OCH3 is 1. The second-order valence-electron chi connectivity index (χ2n) is 9.99. The van der Waals surface area contributed by atoms with E-state index in [1.54, 1.807) is 17.0 Å². The van der Waals surface area contributed by atoms with E-state index in [9.17, 15) is 14.4 Å². The van der Waals surface area contributed by atoms with Gasteiger partial charge in [-0.05, 0) is 51.2 Å². The molecule has 2 aromatic rings. The van der Waals surface area contributed by atoms with Gasteiger partial charge in [0.25, 0.3) is 0 Å². The lowest BCUT2D eigenvalue weighted by molar-refractivity contribution is -0.122. The van der Waals surface area contributed by atoms with Crippen LogP contribution in [0.15, 0.2) is 16.5 Å². The third-order valence-electron chi connectivity index (χ3n) is 6.46. The number of carbonyl (C=O) groups is 3.